The lowest BCUT2D eigenvalue weighted by molar-refractivity contribution is -0.303. The molecule has 1 aliphatic rings. The minimum Gasteiger partial charge on any atom is -0.508 e. The molecule has 6 N–H and O–H groups in total. The topological polar surface area (TPSA) is 185 Å². The van der Waals surface area contributed by atoms with Gasteiger partial charge in [-0.05, 0) is 30.3 Å². The highest BCUT2D eigenvalue weighted by Crippen LogP contribution is 2.37. The minimum atomic E-state index is -1.70. The van der Waals surface area contributed by atoms with Crippen molar-refractivity contribution in [3.63, 3.8) is 0 Å². The van der Waals surface area contributed by atoms with E-state index in [-0.39, 0.29) is 46.5 Å². The van der Waals surface area contributed by atoms with Crippen molar-refractivity contribution in [2.45, 2.75) is 37.3 Å². The van der Waals surface area contributed by atoms with E-state index in [2.05, 4.69) is 0 Å². The third-order valence-electron chi connectivity index (χ3n) is 5.24. The van der Waals surface area contributed by atoms with Crippen LogP contribution in [-0.4, -0.2) is 88.1 Å². The number of ether oxygens (including phenoxy) is 5. The van der Waals surface area contributed by atoms with Crippen molar-refractivity contribution in [3.05, 3.63) is 41.5 Å². The lowest BCUT2D eigenvalue weighted by Crippen LogP contribution is -2.59. The molecule has 0 saturated carbocycles. The average molecular weight is 482 g/mol. The normalized spacial score (nSPS) is 24.4. The summed E-state index contributed by atoms with van der Waals surface area (Å²) in [7, 11) is 2.55. The third-order valence-corrected chi connectivity index (χ3v) is 5.24. The highest BCUT2D eigenvalue weighted by Gasteiger charge is 2.45. The molecule has 1 saturated heterocycles. The number of carbonyl (C=O) groups excluding carboxylic acids is 1. The number of hydrogen-bond acceptors (Lipinski definition) is 12. The van der Waals surface area contributed by atoms with Crippen LogP contribution in [0.1, 0.15) is 15.9 Å². The number of carbonyl (C=O) groups is 1. The SMILES string of the molecule is COc1ccc(O)c(OC)c1C(=O)OC[C@@H]1O[C@@H](OCc2cc(O)ccc2O)[C@H](O)[C@@H](O)[C@H]1O. The molecular weight excluding hydrogens is 456 g/mol. The lowest BCUT2D eigenvalue weighted by Gasteiger charge is -2.40. The van der Waals surface area contributed by atoms with E-state index in [1.165, 1.54) is 44.6 Å². The van der Waals surface area contributed by atoms with Crippen LogP contribution in [0.5, 0.6) is 28.7 Å². The first-order chi connectivity index (χ1) is 16.2. The van der Waals surface area contributed by atoms with Crippen molar-refractivity contribution in [3.8, 4) is 28.7 Å². The Morgan fingerprint density at radius 3 is 2.32 bits per heavy atom. The summed E-state index contributed by atoms with van der Waals surface area (Å²) >= 11 is 0. The fourth-order valence-corrected chi connectivity index (χ4v) is 3.41. The Hall–Kier alpha value is -3.29. The standard InChI is InChI=1S/C22H26O12/c1-30-14-6-5-13(25)20(31-2)16(14)21(29)32-9-15-17(26)18(27)19(28)22(34-15)33-8-10-7-11(23)3-4-12(10)24/h3-7,15,17-19,22-28H,8-9H2,1-2H3/t15-,17-,18-,19+,22+/m0/s1. The molecule has 1 fully saturated rings. The summed E-state index contributed by atoms with van der Waals surface area (Å²) in [5.41, 5.74) is -0.0227. The number of aromatic hydroxyl groups is 3. The van der Waals surface area contributed by atoms with Crippen LogP contribution in [0.25, 0.3) is 0 Å². The first kappa shape index (κ1) is 25.3. The molecule has 5 atom stereocenters. The van der Waals surface area contributed by atoms with Gasteiger partial charge in [-0.3, -0.25) is 0 Å². The number of aliphatic hydroxyl groups excluding tert-OH is 3. The molecule has 12 heteroatoms. The second-order valence-corrected chi connectivity index (χ2v) is 7.43. The maximum absolute atomic E-state index is 12.7. The summed E-state index contributed by atoms with van der Waals surface area (Å²) in [6.45, 7) is -0.877. The first-order valence-electron chi connectivity index (χ1n) is 10.1. The van der Waals surface area contributed by atoms with Gasteiger partial charge >= 0.3 is 5.97 Å². The molecule has 0 aliphatic carbocycles. The quantitative estimate of drug-likeness (QED) is 0.219. The summed E-state index contributed by atoms with van der Waals surface area (Å²) in [6, 6.07) is 6.36. The zero-order valence-electron chi connectivity index (χ0n) is 18.3. The van der Waals surface area contributed by atoms with E-state index < -0.39 is 43.3 Å². The summed E-state index contributed by atoms with van der Waals surface area (Å²) in [4.78, 5) is 12.7. The number of hydrogen-bond donors (Lipinski definition) is 6. The largest absolute Gasteiger partial charge is 0.508 e. The van der Waals surface area contributed by atoms with Gasteiger partial charge in [-0.15, -0.1) is 0 Å². The van der Waals surface area contributed by atoms with Crippen LogP contribution in [0.15, 0.2) is 30.3 Å². The molecule has 2 aromatic rings. The molecule has 12 nitrogen and oxygen atoms in total. The number of benzene rings is 2. The van der Waals surface area contributed by atoms with E-state index in [1.807, 2.05) is 0 Å². The predicted molar refractivity (Wildman–Crippen MR) is 113 cm³/mol. The molecular formula is C22H26O12. The molecule has 0 radical (unpaired) electrons. The molecule has 0 amide bonds. The Morgan fingerprint density at radius 1 is 0.941 bits per heavy atom. The van der Waals surface area contributed by atoms with Crippen molar-refractivity contribution < 1.29 is 59.1 Å². The monoisotopic (exact) mass is 482 g/mol. The zero-order chi connectivity index (χ0) is 25.0. The van der Waals surface area contributed by atoms with Crippen LogP contribution >= 0.6 is 0 Å². The number of phenols is 3. The molecule has 0 unspecified atom stereocenters. The molecule has 3 rings (SSSR count). The van der Waals surface area contributed by atoms with E-state index >= 15 is 0 Å². The molecule has 0 aromatic heterocycles. The number of rotatable bonds is 8. The summed E-state index contributed by atoms with van der Waals surface area (Å²) in [5, 5.41) is 60.0. The fraction of sp³-hybridized carbons (Fsp3) is 0.409. The minimum absolute atomic E-state index is 0.0624. The highest BCUT2D eigenvalue weighted by molar-refractivity contribution is 5.96. The van der Waals surface area contributed by atoms with Gasteiger partial charge in [0, 0.05) is 5.56 Å². The Balaban J connectivity index is 1.70. The van der Waals surface area contributed by atoms with E-state index in [4.69, 9.17) is 23.7 Å². The van der Waals surface area contributed by atoms with Crippen LogP contribution in [0.2, 0.25) is 0 Å². The van der Waals surface area contributed by atoms with Crippen molar-refractivity contribution in [2.75, 3.05) is 20.8 Å². The predicted octanol–water partition coefficient (Wildman–Crippen LogP) is 0.00180. The number of esters is 1. The van der Waals surface area contributed by atoms with E-state index in [1.54, 1.807) is 0 Å². The zero-order valence-corrected chi connectivity index (χ0v) is 18.3. The van der Waals surface area contributed by atoms with Crippen molar-refractivity contribution >= 4 is 5.97 Å². The molecule has 186 valence electrons. The van der Waals surface area contributed by atoms with E-state index in [0.29, 0.717) is 0 Å². The maximum atomic E-state index is 12.7. The van der Waals surface area contributed by atoms with Gasteiger partial charge in [-0.25, -0.2) is 4.79 Å². The first-order valence-corrected chi connectivity index (χ1v) is 10.1. The number of phenolic OH excluding ortho intramolecular Hbond substituents is 3. The number of methoxy groups -OCH3 is 2. The van der Waals surface area contributed by atoms with E-state index in [9.17, 15) is 35.4 Å². The Labute approximate surface area is 194 Å². The number of aliphatic hydroxyl groups is 3. The Kier molecular flexibility index (Phi) is 8.02. The van der Waals surface area contributed by atoms with Crippen LogP contribution in [0.4, 0.5) is 0 Å². The van der Waals surface area contributed by atoms with Gasteiger partial charge in [-0.1, -0.05) is 0 Å². The van der Waals surface area contributed by atoms with Gasteiger partial charge < -0.3 is 54.3 Å². The molecule has 0 bridgehead atoms. The smallest absolute Gasteiger partial charge is 0.346 e. The second-order valence-electron chi connectivity index (χ2n) is 7.43. The van der Waals surface area contributed by atoms with Gasteiger partial charge in [0.2, 0.25) is 0 Å². The molecule has 1 aliphatic heterocycles. The summed E-state index contributed by atoms with van der Waals surface area (Å²) < 4.78 is 26.3. The van der Waals surface area contributed by atoms with Gasteiger partial charge in [0.05, 0.1) is 20.8 Å². The Bertz CT molecular complexity index is 1010. The van der Waals surface area contributed by atoms with Crippen molar-refractivity contribution in [2.24, 2.45) is 0 Å². The van der Waals surface area contributed by atoms with Gasteiger partial charge in [-0.2, -0.15) is 0 Å². The average Bonchev–Trinajstić information content (AvgIpc) is 2.82. The van der Waals surface area contributed by atoms with Gasteiger partial charge in [0.15, 0.2) is 17.8 Å². The third kappa shape index (κ3) is 5.26. The Morgan fingerprint density at radius 2 is 1.65 bits per heavy atom. The van der Waals surface area contributed by atoms with Crippen molar-refractivity contribution in [1.29, 1.82) is 0 Å². The lowest BCUT2D eigenvalue weighted by atomic mass is 9.99. The van der Waals surface area contributed by atoms with Crippen molar-refractivity contribution in [1.82, 2.24) is 0 Å². The molecule has 34 heavy (non-hydrogen) atoms. The summed E-state index contributed by atoms with van der Waals surface area (Å²) in [5.74, 6) is -1.72. The molecule has 2 aromatic carbocycles. The maximum Gasteiger partial charge on any atom is 0.346 e. The highest BCUT2D eigenvalue weighted by atomic mass is 16.7. The van der Waals surface area contributed by atoms with Gasteiger partial charge in [0.1, 0.15) is 53.8 Å². The van der Waals surface area contributed by atoms with Crippen LogP contribution < -0.4 is 9.47 Å². The summed E-state index contributed by atoms with van der Waals surface area (Å²) in [6.07, 6.45) is -7.77. The van der Waals surface area contributed by atoms with Crippen LogP contribution in [-0.2, 0) is 20.8 Å². The molecule has 0 spiro atoms. The van der Waals surface area contributed by atoms with E-state index in [0.717, 1.165) is 0 Å². The van der Waals surface area contributed by atoms with Gasteiger partial charge in [0.25, 0.3) is 0 Å². The van der Waals surface area contributed by atoms with Crippen LogP contribution in [0, 0.1) is 0 Å². The van der Waals surface area contributed by atoms with Crippen LogP contribution in [0.3, 0.4) is 0 Å². The fourth-order valence-electron chi connectivity index (χ4n) is 3.41. The second kappa shape index (κ2) is 10.8. The molecule has 1 heterocycles.